The number of hydrogen-bond donors (Lipinski definition) is 2. The molecule has 2 aromatic rings. The first-order valence-corrected chi connectivity index (χ1v) is 9.21. The molecule has 1 aromatic heterocycles. The van der Waals surface area contributed by atoms with Crippen molar-refractivity contribution in [3.63, 3.8) is 0 Å². The van der Waals surface area contributed by atoms with Gasteiger partial charge >= 0.3 is 0 Å². The second-order valence-electron chi connectivity index (χ2n) is 7.53. The first kappa shape index (κ1) is 19.7. The van der Waals surface area contributed by atoms with Gasteiger partial charge in [-0.1, -0.05) is 0 Å². The van der Waals surface area contributed by atoms with E-state index in [9.17, 15) is 14.3 Å². The first-order chi connectivity index (χ1) is 12.8. The minimum Gasteiger partial charge on any atom is -0.388 e. The Labute approximate surface area is 158 Å². The zero-order chi connectivity index (χ0) is 19.4. The summed E-state index contributed by atoms with van der Waals surface area (Å²) in [5, 5.41) is 10.7. The van der Waals surface area contributed by atoms with Crippen LogP contribution in [0.2, 0.25) is 0 Å². The molecule has 0 saturated carbocycles. The van der Waals surface area contributed by atoms with Crippen LogP contribution in [0.3, 0.4) is 0 Å². The zero-order valence-corrected chi connectivity index (χ0v) is 15.9. The van der Waals surface area contributed by atoms with Crippen molar-refractivity contribution in [1.82, 2.24) is 19.8 Å². The highest BCUT2D eigenvalue weighted by Gasteiger charge is 2.31. The molecule has 1 fully saturated rings. The number of nitrogens with zero attached hydrogens (tertiary/aromatic N) is 3. The number of nitrogens with one attached hydrogen (secondary N) is 1. The van der Waals surface area contributed by atoms with E-state index < -0.39 is 5.60 Å². The molecule has 1 aliphatic heterocycles. The lowest BCUT2D eigenvalue weighted by molar-refractivity contribution is -0.136. The summed E-state index contributed by atoms with van der Waals surface area (Å²) in [5.74, 6) is 0.134. The number of ether oxygens (including phenoxy) is 1. The molecule has 1 atom stereocenters. The molecule has 27 heavy (non-hydrogen) atoms. The van der Waals surface area contributed by atoms with Crippen LogP contribution in [0.15, 0.2) is 18.2 Å². The Morgan fingerprint density at radius 2 is 2.22 bits per heavy atom. The highest BCUT2D eigenvalue weighted by molar-refractivity contribution is 5.77. The Bertz CT molecular complexity index is 794. The van der Waals surface area contributed by atoms with E-state index in [1.54, 1.807) is 11.0 Å². The van der Waals surface area contributed by atoms with Gasteiger partial charge in [0.1, 0.15) is 24.9 Å². The minimum atomic E-state index is -0.747. The highest BCUT2D eigenvalue weighted by atomic mass is 19.1. The fourth-order valence-electron chi connectivity index (χ4n) is 3.60. The number of likely N-dealkylation sites (tertiary alicyclic amines) is 1. The predicted octanol–water partition coefficient (Wildman–Crippen LogP) is 1.52. The molecular formula is C19H27FN4O3. The number of aromatic amines is 1. The van der Waals surface area contributed by atoms with Crippen LogP contribution in [0.25, 0.3) is 11.0 Å². The molecular weight excluding hydrogens is 351 g/mol. The van der Waals surface area contributed by atoms with E-state index in [0.717, 1.165) is 6.42 Å². The second-order valence-corrected chi connectivity index (χ2v) is 7.53. The Morgan fingerprint density at radius 3 is 3.00 bits per heavy atom. The van der Waals surface area contributed by atoms with Gasteiger partial charge in [-0.3, -0.25) is 4.79 Å². The lowest BCUT2D eigenvalue weighted by Gasteiger charge is -2.29. The molecule has 0 radical (unpaired) electrons. The van der Waals surface area contributed by atoms with E-state index in [4.69, 9.17) is 4.74 Å². The average Bonchev–Trinajstić information content (AvgIpc) is 2.88. The lowest BCUT2D eigenvalue weighted by Crippen LogP contribution is -2.41. The van der Waals surface area contributed by atoms with Crippen molar-refractivity contribution in [2.45, 2.75) is 31.5 Å². The van der Waals surface area contributed by atoms with E-state index in [1.165, 1.54) is 12.1 Å². The van der Waals surface area contributed by atoms with Crippen LogP contribution in [-0.4, -0.2) is 76.7 Å². The van der Waals surface area contributed by atoms with Gasteiger partial charge in [0.05, 0.1) is 16.6 Å². The van der Waals surface area contributed by atoms with Crippen LogP contribution in [0, 0.1) is 5.82 Å². The summed E-state index contributed by atoms with van der Waals surface area (Å²) >= 11 is 0. The van der Waals surface area contributed by atoms with Crippen molar-refractivity contribution in [3.05, 3.63) is 29.8 Å². The van der Waals surface area contributed by atoms with Gasteiger partial charge < -0.3 is 24.6 Å². The lowest BCUT2D eigenvalue weighted by atomic mass is 9.94. The number of rotatable bonds is 6. The summed E-state index contributed by atoms with van der Waals surface area (Å²) in [6.45, 7) is 1.86. The van der Waals surface area contributed by atoms with Gasteiger partial charge in [0.2, 0.25) is 5.91 Å². The van der Waals surface area contributed by atoms with Crippen molar-refractivity contribution < 1.29 is 19.0 Å². The molecule has 1 amide bonds. The van der Waals surface area contributed by atoms with E-state index in [2.05, 4.69) is 9.97 Å². The number of carbonyl (C=O) groups is 1. The molecule has 1 aromatic carbocycles. The number of fused-ring (bicyclic) bond motifs is 1. The topological polar surface area (TPSA) is 81.7 Å². The molecule has 148 valence electrons. The zero-order valence-electron chi connectivity index (χ0n) is 15.9. The smallest absolute Gasteiger partial charge is 0.248 e. The molecule has 0 spiro atoms. The van der Waals surface area contributed by atoms with Gasteiger partial charge in [-0.05, 0) is 51.6 Å². The molecule has 2 N–H and O–H groups in total. The molecule has 0 aliphatic carbocycles. The summed E-state index contributed by atoms with van der Waals surface area (Å²) in [6, 6.07) is 4.33. The Morgan fingerprint density at radius 1 is 1.41 bits per heavy atom. The van der Waals surface area contributed by atoms with Crippen molar-refractivity contribution >= 4 is 16.9 Å². The summed E-state index contributed by atoms with van der Waals surface area (Å²) in [4.78, 5) is 23.4. The van der Waals surface area contributed by atoms with Crippen molar-refractivity contribution in [3.8, 4) is 0 Å². The molecule has 8 heteroatoms. The number of imidazole rings is 1. The Hall–Kier alpha value is -2.03. The predicted molar refractivity (Wildman–Crippen MR) is 99.6 cm³/mol. The minimum absolute atomic E-state index is 0.0441. The fraction of sp³-hybridized carbons (Fsp3) is 0.579. The summed E-state index contributed by atoms with van der Waals surface area (Å²) < 4.78 is 18.7. The van der Waals surface area contributed by atoms with Crippen LogP contribution >= 0.6 is 0 Å². The highest BCUT2D eigenvalue weighted by Crippen LogP contribution is 2.23. The van der Waals surface area contributed by atoms with Crippen LogP contribution in [-0.2, 0) is 16.1 Å². The van der Waals surface area contributed by atoms with E-state index >= 15 is 0 Å². The number of likely N-dealkylation sites (N-methyl/N-ethyl adjacent to an activating group) is 1. The monoisotopic (exact) mass is 378 g/mol. The standard InChI is InChI=1S/C19H27FN4O3/c1-23(2)13-19(26)6-3-8-24(9-7-19)18(25)12-27-11-17-21-15-5-4-14(20)10-16(15)22-17/h4-5,10,26H,3,6-9,11-13H2,1-2H3,(H,21,22)/t19-/m1/s1. The van der Waals surface area contributed by atoms with E-state index in [-0.39, 0.29) is 24.9 Å². The molecule has 2 heterocycles. The van der Waals surface area contributed by atoms with Crippen LogP contribution in [0.5, 0.6) is 0 Å². The Balaban J connectivity index is 1.48. The number of carbonyl (C=O) groups excluding carboxylic acids is 1. The number of benzene rings is 1. The van der Waals surface area contributed by atoms with Crippen LogP contribution in [0.4, 0.5) is 4.39 Å². The summed E-state index contributed by atoms with van der Waals surface area (Å²) in [6.07, 6.45) is 2.02. The average molecular weight is 378 g/mol. The third kappa shape index (κ3) is 5.24. The van der Waals surface area contributed by atoms with Gasteiger partial charge in [-0.15, -0.1) is 0 Å². The van der Waals surface area contributed by atoms with Gasteiger partial charge in [0.15, 0.2) is 0 Å². The van der Waals surface area contributed by atoms with Gasteiger partial charge in [0, 0.05) is 19.6 Å². The number of hydrogen-bond acceptors (Lipinski definition) is 5. The second kappa shape index (κ2) is 8.33. The molecule has 0 bridgehead atoms. The number of H-pyrrole nitrogens is 1. The van der Waals surface area contributed by atoms with Crippen LogP contribution < -0.4 is 0 Å². The summed E-state index contributed by atoms with van der Waals surface area (Å²) in [7, 11) is 3.87. The maximum absolute atomic E-state index is 13.2. The molecule has 1 saturated heterocycles. The van der Waals surface area contributed by atoms with Crippen molar-refractivity contribution in [1.29, 1.82) is 0 Å². The summed E-state index contributed by atoms with van der Waals surface area (Å²) in [5.41, 5.74) is 0.518. The van der Waals surface area contributed by atoms with Gasteiger partial charge in [-0.25, -0.2) is 9.37 Å². The largest absolute Gasteiger partial charge is 0.388 e. The van der Waals surface area contributed by atoms with E-state index in [1.807, 2.05) is 19.0 Å². The van der Waals surface area contributed by atoms with Gasteiger partial charge in [-0.2, -0.15) is 0 Å². The first-order valence-electron chi connectivity index (χ1n) is 9.21. The Kier molecular flexibility index (Phi) is 6.08. The normalized spacial score (nSPS) is 21.0. The van der Waals surface area contributed by atoms with Crippen LogP contribution in [0.1, 0.15) is 25.1 Å². The molecule has 7 nitrogen and oxygen atoms in total. The van der Waals surface area contributed by atoms with Crippen molar-refractivity contribution in [2.24, 2.45) is 0 Å². The maximum atomic E-state index is 13.2. The number of aliphatic hydroxyl groups is 1. The number of amides is 1. The third-order valence-corrected chi connectivity index (χ3v) is 4.84. The number of halogens is 1. The number of aromatic nitrogens is 2. The maximum Gasteiger partial charge on any atom is 0.248 e. The van der Waals surface area contributed by atoms with E-state index in [0.29, 0.717) is 49.3 Å². The molecule has 0 unspecified atom stereocenters. The molecule has 1 aliphatic rings. The van der Waals surface area contributed by atoms with Crippen molar-refractivity contribution in [2.75, 3.05) is 40.3 Å². The quantitative estimate of drug-likeness (QED) is 0.797. The van der Waals surface area contributed by atoms with Gasteiger partial charge in [0.25, 0.3) is 0 Å². The third-order valence-electron chi connectivity index (χ3n) is 4.84. The SMILES string of the molecule is CN(C)C[C@@]1(O)CCCN(C(=O)COCc2nc3ccc(F)cc3[nH]2)CC1. The molecule has 3 rings (SSSR count). The fourth-order valence-corrected chi connectivity index (χ4v) is 3.60.